The van der Waals surface area contributed by atoms with E-state index < -0.39 is 5.97 Å². The van der Waals surface area contributed by atoms with Crippen LogP contribution in [0.5, 0.6) is 0 Å². The smallest absolute Gasteiger partial charge is 0.300 e. The van der Waals surface area contributed by atoms with Crippen molar-refractivity contribution in [2.75, 3.05) is 11.5 Å². The Bertz CT molecular complexity index is 585. The summed E-state index contributed by atoms with van der Waals surface area (Å²) < 4.78 is 0.928. The van der Waals surface area contributed by atoms with E-state index in [1.165, 1.54) is 0 Å². The number of carbonyl (C=O) groups is 1. The zero-order valence-electron chi connectivity index (χ0n) is 11.7. The molecule has 128 valence electrons. The summed E-state index contributed by atoms with van der Waals surface area (Å²) >= 11 is 14.7. The van der Waals surface area contributed by atoms with Gasteiger partial charge in [-0.1, -0.05) is 23.2 Å². The second-order valence-electron chi connectivity index (χ2n) is 3.46. The lowest BCUT2D eigenvalue weighted by Crippen LogP contribution is -1.89. The molecule has 0 aliphatic rings. The highest BCUT2D eigenvalue weighted by Crippen LogP contribution is 2.16. The number of aliphatic carboxylic acids is 1. The summed E-state index contributed by atoms with van der Waals surface area (Å²) in [5.41, 5.74) is 12.1. The molecule has 6 nitrogen and oxygen atoms in total. The molecule has 2 rings (SSSR count). The molecule has 2 aromatic rings. The van der Waals surface area contributed by atoms with Crippen molar-refractivity contribution in [3.8, 4) is 0 Å². The molecule has 0 bridgehead atoms. The molecule has 0 aliphatic carbocycles. The molecule has 0 saturated heterocycles. The molecule has 23 heavy (non-hydrogen) atoms. The van der Waals surface area contributed by atoms with E-state index in [4.69, 9.17) is 44.6 Å². The van der Waals surface area contributed by atoms with E-state index in [2.05, 4.69) is 41.5 Å². The minimum Gasteiger partial charge on any atom is -0.481 e. The third-order valence-electron chi connectivity index (χ3n) is 1.60. The first-order chi connectivity index (χ1) is 10.7. The molecule has 5 N–H and O–H groups in total. The molecule has 0 amide bonds. The molecular formula is C12H13Cl3I2N4O2. The number of hydrogen-bond acceptors (Lipinski definition) is 5. The highest BCUT2D eigenvalue weighted by molar-refractivity contribution is 14.1. The van der Waals surface area contributed by atoms with E-state index in [0.29, 0.717) is 21.7 Å². The summed E-state index contributed by atoms with van der Waals surface area (Å²) in [5.74, 6) is -0.833. The van der Waals surface area contributed by atoms with E-state index in [1.807, 2.05) is 0 Å². The average molecular weight is 605 g/mol. The Hall–Kier alpha value is -0.300. The molecule has 0 saturated carbocycles. The summed E-state index contributed by atoms with van der Waals surface area (Å²) in [6.45, 7) is 1.08. The van der Waals surface area contributed by atoms with Crippen LogP contribution in [0.15, 0.2) is 30.6 Å². The van der Waals surface area contributed by atoms with E-state index in [-0.39, 0.29) is 0 Å². The average Bonchev–Trinajstić information content (AvgIpc) is 2.45. The molecule has 0 spiro atoms. The van der Waals surface area contributed by atoms with Crippen LogP contribution in [0.2, 0.25) is 10.3 Å². The SMILES string of the molecule is CC(=O)O.ClI.Nc1cc(Cl)ncc1I.Nc1ccnc(Cl)c1. The fourth-order valence-corrected chi connectivity index (χ4v) is 1.49. The molecule has 0 fully saturated rings. The summed E-state index contributed by atoms with van der Waals surface area (Å²) in [6.07, 6.45) is 3.20. The van der Waals surface area contributed by atoms with Gasteiger partial charge in [-0.2, -0.15) is 0 Å². The number of nitrogen functional groups attached to an aromatic ring is 2. The first kappa shape index (κ1) is 24.9. The van der Waals surface area contributed by atoms with Crippen molar-refractivity contribution in [2.45, 2.75) is 6.92 Å². The Kier molecular flexibility index (Phi) is 16.5. The van der Waals surface area contributed by atoms with Crippen LogP contribution in [0.3, 0.4) is 0 Å². The van der Waals surface area contributed by atoms with Crippen molar-refractivity contribution in [3.05, 3.63) is 44.5 Å². The van der Waals surface area contributed by atoms with Crippen LogP contribution in [0, 0.1) is 3.57 Å². The van der Waals surface area contributed by atoms with E-state index in [0.717, 1.165) is 10.5 Å². The Morgan fingerprint density at radius 1 is 1.17 bits per heavy atom. The van der Waals surface area contributed by atoms with Gasteiger partial charge in [-0.15, -0.1) is 0 Å². The molecular weight excluding hydrogens is 592 g/mol. The van der Waals surface area contributed by atoms with Gasteiger partial charge in [0, 0.05) is 52.2 Å². The quantitative estimate of drug-likeness (QED) is 0.291. The van der Waals surface area contributed by atoms with Crippen LogP contribution < -0.4 is 11.5 Å². The van der Waals surface area contributed by atoms with Crippen LogP contribution in [-0.2, 0) is 4.79 Å². The third kappa shape index (κ3) is 16.3. The van der Waals surface area contributed by atoms with Gasteiger partial charge < -0.3 is 16.6 Å². The topological polar surface area (TPSA) is 115 Å². The molecule has 11 heteroatoms. The normalized spacial score (nSPS) is 8.26. The number of halogens is 5. The number of aromatic nitrogens is 2. The number of pyridine rings is 2. The molecule has 0 unspecified atom stereocenters. The maximum Gasteiger partial charge on any atom is 0.300 e. The fraction of sp³-hybridized carbons (Fsp3) is 0.0833. The second-order valence-corrected chi connectivity index (χ2v) is 5.40. The van der Waals surface area contributed by atoms with Gasteiger partial charge in [-0.3, -0.25) is 4.79 Å². The van der Waals surface area contributed by atoms with Gasteiger partial charge >= 0.3 is 0 Å². The zero-order chi connectivity index (χ0) is 18.4. The molecule has 0 radical (unpaired) electrons. The summed E-state index contributed by atoms with van der Waals surface area (Å²) in [7, 11) is 4.61. The number of hydrogen-bond donors (Lipinski definition) is 3. The third-order valence-corrected chi connectivity index (χ3v) is 2.92. The van der Waals surface area contributed by atoms with Crippen LogP contribution >= 0.6 is 76.2 Å². The highest BCUT2D eigenvalue weighted by Gasteiger charge is 1.94. The summed E-state index contributed by atoms with van der Waals surface area (Å²) in [5, 5.41) is 8.29. The first-order valence-corrected chi connectivity index (χ1v) is 10.1. The van der Waals surface area contributed by atoms with Gasteiger partial charge in [0.2, 0.25) is 0 Å². The standard InChI is InChI=1S/C5H4ClIN2.C5H5ClN2.C2H4O2.ClI/c6-5-1-4(8)3(7)2-9-5;6-5-3-4(7)1-2-8-5;1-2(3)4;1-2/h1-2H,(H2,8,9);1-3H,(H2,7,8);1H3,(H,3,4);. The molecule has 2 aromatic heterocycles. The lowest BCUT2D eigenvalue weighted by Gasteiger charge is -1.94. The van der Waals surface area contributed by atoms with Crippen molar-refractivity contribution >= 4 is 93.5 Å². The fourth-order valence-electron chi connectivity index (χ4n) is 0.845. The van der Waals surface area contributed by atoms with Crippen molar-refractivity contribution < 1.29 is 9.90 Å². The van der Waals surface area contributed by atoms with Gasteiger partial charge in [0.25, 0.3) is 5.97 Å². The van der Waals surface area contributed by atoms with Crippen molar-refractivity contribution in [2.24, 2.45) is 0 Å². The minimum atomic E-state index is -0.833. The van der Waals surface area contributed by atoms with E-state index >= 15 is 0 Å². The predicted octanol–water partition coefficient (Wildman–Crippen LogP) is 4.91. The Balaban J connectivity index is 0. The lowest BCUT2D eigenvalue weighted by atomic mass is 10.4. The van der Waals surface area contributed by atoms with E-state index in [1.54, 1.807) is 52.1 Å². The van der Waals surface area contributed by atoms with Gasteiger partial charge in [0.1, 0.15) is 10.3 Å². The number of anilines is 2. The maximum absolute atomic E-state index is 9.00. The first-order valence-electron chi connectivity index (χ1n) is 5.49. The van der Waals surface area contributed by atoms with E-state index in [9.17, 15) is 0 Å². The summed E-state index contributed by atoms with van der Waals surface area (Å²) in [6, 6.07) is 4.91. The number of rotatable bonds is 0. The monoisotopic (exact) mass is 604 g/mol. The Labute approximate surface area is 174 Å². The van der Waals surface area contributed by atoms with Gasteiger partial charge in [0.15, 0.2) is 0 Å². The molecule has 0 atom stereocenters. The number of nitrogens with two attached hydrogens (primary N) is 2. The van der Waals surface area contributed by atoms with Gasteiger partial charge in [-0.05, 0) is 49.7 Å². The predicted molar refractivity (Wildman–Crippen MR) is 113 cm³/mol. The Morgan fingerprint density at radius 2 is 1.65 bits per heavy atom. The number of carboxylic acids is 1. The molecule has 0 aromatic carbocycles. The Morgan fingerprint density at radius 3 is 1.96 bits per heavy atom. The maximum atomic E-state index is 9.00. The highest BCUT2D eigenvalue weighted by atomic mass is 127. The van der Waals surface area contributed by atoms with Crippen molar-refractivity contribution in [1.29, 1.82) is 0 Å². The number of nitrogens with zero attached hydrogens (tertiary/aromatic N) is 2. The zero-order valence-corrected chi connectivity index (χ0v) is 18.3. The summed E-state index contributed by atoms with van der Waals surface area (Å²) in [4.78, 5) is 16.5. The van der Waals surface area contributed by atoms with Crippen LogP contribution in [0.25, 0.3) is 0 Å². The molecule has 2 heterocycles. The molecule has 0 aliphatic heterocycles. The second kappa shape index (κ2) is 15.2. The lowest BCUT2D eigenvalue weighted by molar-refractivity contribution is -0.134. The number of carboxylic acid groups (broad SMARTS) is 1. The van der Waals surface area contributed by atoms with Gasteiger partial charge in [-0.25, -0.2) is 9.97 Å². The van der Waals surface area contributed by atoms with Crippen molar-refractivity contribution in [3.63, 3.8) is 0 Å². The van der Waals surface area contributed by atoms with Crippen LogP contribution in [0.4, 0.5) is 11.4 Å². The largest absolute Gasteiger partial charge is 0.481 e. The van der Waals surface area contributed by atoms with Crippen LogP contribution in [-0.4, -0.2) is 21.0 Å². The van der Waals surface area contributed by atoms with Gasteiger partial charge in [0.05, 0.1) is 3.57 Å². The van der Waals surface area contributed by atoms with Crippen LogP contribution in [0.1, 0.15) is 6.92 Å². The minimum absolute atomic E-state index is 0.435. The van der Waals surface area contributed by atoms with Crippen molar-refractivity contribution in [1.82, 2.24) is 9.97 Å².